The number of nitrogens with two attached hydrogens (primary N) is 1. The lowest BCUT2D eigenvalue weighted by atomic mass is 9.79. The first-order chi connectivity index (χ1) is 13.3. The average Bonchev–Trinajstić information content (AvgIpc) is 2.65. The molecule has 1 amide bonds. The minimum absolute atomic E-state index is 0.103. The minimum atomic E-state index is -0.979. The molecule has 1 aliphatic rings. The van der Waals surface area contributed by atoms with E-state index in [1.165, 1.54) is 24.4 Å². The van der Waals surface area contributed by atoms with E-state index in [0.29, 0.717) is 16.9 Å². The van der Waals surface area contributed by atoms with Gasteiger partial charge in [-0.05, 0) is 31.5 Å². The first kappa shape index (κ1) is 18.7. The van der Waals surface area contributed by atoms with Crippen LogP contribution in [0.3, 0.4) is 0 Å². The van der Waals surface area contributed by atoms with Gasteiger partial charge in [-0.2, -0.15) is 10.8 Å². The number of nitrogens with one attached hydrogen (secondary N) is 3. The molecule has 0 fully saturated rings. The third kappa shape index (κ3) is 2.84. The first-order valence-corrected chi connectivity index (χ1v) is 8.19. The molecule has 28 heavy (non-hydrogen) atoms. The Hall–Kier alpha value is -4.13. The van der Waals surface area contributed by atoms with Crippen LogP contribution in [-0.4, -0.2) is 15.7 Å². The average molecular weight is 379 g/mol. The molecule has 1 aromatic carbocycles. The Bertz CT molecular complexity index is 1140. The summed E-state index contributed by atoms with van der Waals surface area (Å²) in [6, 6.07) is 6.14. The highest BCUT2D eigenvalue weighted by Crippen LogP contribution is 2.44. The van der Waals surface area contributed by atoms with Crippen molar-refractivity contribution in [3.05, 3.63) is 68.3 Å². The van der Waals surface area contributed by atoms with E-state index >= 15 is 0 Å². The number of phenols is 1. The van der Waals surface area contributed by atoms with E-state index in [4.69, 9.17) is 16.6 Å². The van der Waals surface area contributed by atoms with Crippen molar-refractivity contribution in [2.45, 2.75) is 19.8 Å². The molecule has 2 aromatic rings. The van der Waals surface area contributed by atoms with Gasteiger partial charge in [0.05, 0.1) is 34.4 Å². The minimum Gasteiger partial charge on any atom is -0.508 e. The summed E-state index contributed by atoms with van der Waals surface area (Å²) >= 11 is 0. The molecule has 10 nitrogen and oxygen atoms in total. The number of rotatable bonds is 3. The standard InChI is InChI=1S/C18H17N7O3/c1-8-7-25(21)18(28)15-14(11-4-3-10(6-19)5-12(11)26)13(17(27)23-24-20)9(2)22-16(8)15/h3-5,7,14,22,26H,21H2,1-2H3,(H2,20,23,27). The topological polar surface area (TPSA) is 169 Å². The highest BCUT2D eigenvalue weighted by Gasteiger charge is 2.37. The number of aromatic nitrogens is 1. The van der Waals surface area contributed by atoms with Gasteiger partial charge in [-0.15, -0.1) is 0 Å². The van der Waals surface area contributed by atoms with Crippen molar-refractivity contribution in [2.24, 2.45) is 5.22 Å². The van der Waals surface area contributed by atoms with Crippen molar-refractivity contribution in [1.82, 2.24) is 10.1 Å². The largest absolute Gasteiger partial charge is 0.508 e. The van der Waals surface area contributed by atoms with Gasteiger partial charge in [0, 0.05) is 17.5 Å². The number of hydrogen-bond acceptors (Lipinski definition) is 8. The number of aryl methyl sites for hydroxylation is 1. The van der Waals surface area contributed by atoms with E-state index < -0.39 is 17.4 Å². The third-order valence-corrected chi connectivity index (χ3v) is 4.63. The summed E-state index contributed by atoms with van der Waals surface area (Å²) in [7, 11) is 0. The molecule has 0 spiro atoms. The second-order valence-corrected chi connectivity index (χ2v) is 6.35. The van der Waals surface area contributed by atoms with Crippen molar-refractivity contribution in [2.75, 3.05) is 11.2 Å². The Morgan fingerprint density at radius 1 is 1.46 bits per heavy atom. The van der Waals surface area contributed by atoms with Crippen molar-refractivity contribution >= 4 is 11.6 Å². The van der Waals surface area contributed by atoms with Gasteiger partial charge in [-0.1, -0.05) is 11.3 Å². The Morgan fingerprint density at radius 2 is 2.18 bits per heavy atom. The second kappa shape index (κ2) is 6.88. The van der Waals surface area contributed by atoms with Crippen LogP contribution in [0, 0.1) is 23.8 Å². The first-order valence-electron chi connectivity index (χ1n) is 8.19. The van der Waals surface area contributed by atoms with E-state index in [9.17, 15) is 14.7 Å². The Kier molecular flexibility index (Phi) is 4.58. The van der Waals surface area contributed by atoms with Crippen molar-refractivity contribution in [3.63, 3.8) is 0 Å². The molecule has 0 saturated carbocycles. The van der Waals surface area contributed by atoms with Gasteiger partial charge in [0.25, 0.3) is 11.5 Å². The molecule has 0 aliphatic carbocycles. The van der Waals surface area contributed by atoms with Gasteiger partial charge in [0.1, 0.15) is 5.75 Å². The number of carbonyl (C=O) groups excluding carboxylic acids is 1. The maximum atomic E-state index is 12.9. The molecular weight excluding hydrogens is 362 g/mol. The van der Waals surface area contributed by atoms with E-state index in [1.807, 2.05) is 11.5 Å². The maximum Gasteiger partial charge on any atom is 0.274 e. The number of hydrogen-bond donors (Lipinski definition) is 5. The summed E-state index contributed by atoms with van der Waals surface area (Å²) in [5.74, 6) is 3.86. The van der Waals surface area contributed by atoms with Gasteiger partial charge in [-0.25, -0.2) is 10.1 Å². The SMILES string of the molecule is CC1=C(C(=O)NN=N)C(c2ccc(C#N)cc2O)c2c(c(C)cn(N)c2=O)N1. The number of aromatic hydroxyl groups is 1. The number of allylic oxidation sites excluding steroid dienone is 1. The molecule has 1 unspecified atom stereocenters. The number of nitrogen functional groups attached to an aromatic ring is 1. The molecule has 1 aliphatic heterocycles. The molecule has 3 rings (SSSR count). The normalized spacial score (nSPS) is 15.2. The van der Waals surface area contributed by atoms with Crippen LogP contribution >= 0.6 is 0 Å². The Balaban J connectivity index is 2.38. The highest BCUT2D eigenvalue weighted by molar-refractivity contribution is 5.98. The molecule has 10 heteroatoms. The number of nitrogens with zero attached hydrogens (tertiary/aromatic N) is 3. The number of fused-ring (bicyclic) bond motifs is 1. The highest BCUT2D eigenvalue weighted by atomic mass is 16.3. The lowest BCUT2D eigenvalue weighted by Gasteiger charge is -2.31. The van der Waals surface area contributed by atoms with Crippen molar-refractivity contribution < 1.29 is 9.90 Å². The molecule has 1 atom stereocenters. The molecule has 2 heterocycles. The second-order valence-electron chi connectivity index (χ2n) is 6.35. The van der Waals surface area contributed by atoms with Crippen LogP contribution in [0.15, 0.2) is 45.7 Å². The zero-order valence-corrected chi connectivity index (χ0v) is 15.1. The van der Waals surface area contributed by atoms with E-state index in [-0.39, 0.29) is 28.0 Å². The van der Waals surface area contributed by atoms with Gasteiger partial charge in [0.15, 0.2) is 0 Å². The van der Waals surface area contributed by atoms with E-state index in [0.717, 1.165) is 4.68 Å². The zero-order chi connectivity index (χ0) is 20.6. The summed E-state index contributed by atoms with van der Waals surface area (Å²) in [5.41, 5.74) is 10.7. The number of benzene rings is 1. The van der Waals surface area contributed by atoms with Crippen LogP contribution in [0.5, 0.6) is 5.75 Å². The molecule has 0 radical (unpaired) electrons. The van der Waals surface area contributed by atoms with E-state index in [2.05, 4.69) is 10.5 Å². The van der Waals surface area contributed by atoms with Crippen molar-refractivity contribution in [3.8, 4) is 11.8 Å². The zero-order valence-electron chi connectivity index (χ0n) is 15.1. The summed E-state index contributed by atoms with van der Waals surface area (Å²) in [6.07, 6.45) is 1.46. The quantitative estimate of drug-likeness (QED) is 0.306. The molecule has 142 valence electrons. The molecule has 1 aromatic heterocycles. The summed E-state index contributed by atoms with van der Waals surface area (Å²) in [5, 5.41) is 25.5. The van der Waals surface area contributed by atoms with Gasteiger partial charge in [0.2, 0.25) is 0 Å². The molecule has 0 bridgehead atoms. The molecule has 0 saturated heterocycles. The fraction of sp³-hybridized carbons (Fsp3) is 0.167. The summed E-state index contributed by atoms with van der Waals surface area (Å²) < 4.78 is 0.911. The fourth-order valence-corrected chi connectivity index (χ4v) is 3.42. The number of anilines is 1. The van der Waals surface area contributed by atoms with Crippen molar-refractivity contribution in [1.29, 1.82) is 10.8 Å². The number of phenolic OH excluding ortho intramolecular Hbond substituents is 1. The van der Waals surface area contributed by atoms with Crippen LogP contribution in [0.1, 0.15) is 35.1 Å². The van der Waals surface area contributed by atoms with Gasteiger partial charge >= 0.3 is 0 Å². The van der Waals surface area contributed by atoms with Crippen LogP contribution in [0.4, 0.5) is 5.69 Å². The predicted octanol–water partition coefficient (Wildman–Crippen LogP) is 1.34. The molecular formula is C18H17N7O3. The smallest absolute Gasteiger partial charge is 0.274 e. The summed E-state index contributed by atoms with van der Waals surface area (Å²) in [4.78, 5) is 25.5. The lowest BCUT2D eigenvalue weighted by molar-refractivity contribution is -0.117. The number of carbonyl (C=O) groups is 1. The number of nitriles is 1. The lowest BCUT2D eigenvalue weighted by Crippen LogP contribution is -2.37. The number of pyridine rings is 1. The predicted molar refractivity (Wildman–Crippen MR) is 99.9 cm³/mol. The van der Waals surface area contributed by atoms with Crippen LogP contribution in [0.2, 0.25) is 0 Å². The van der Waals surface area contributed by atoms with Crippen LogP contribution in [-0.2, 0) is 4.79 Å². The van der Waals surface area contributed by atoms with Crippen LogP contribution in [0.25, 0.3) is 0 Å². The Morgan fingerprint density at radius 3 is 2.79 bits per heavy atom. The van der Waals surface area contributed by atoms with Gasteiger partial charge in [-0.3, -0.25) is 9.59 Å². The Labute approximate surface area is 159 Å². The monoisotopic (exact) mass is 379 g/mol. The molecule has 6 N–H and O–H groups in total. The van der Waals surface area contributed by atoms with Crippen LogP contribution < -0.4 is 22.1 Å². The number of amides is 1. The fourth-order valence-electron chi connectivity index (χ4n) is 3.42. The van der Waals surface area contributed by atoms with E-state index in [1.54, 1.807) is 13.8 Å². The summed E-state index contributed by atoms with van der Waals surface area (Å²) in [6.45, 7) is 3.39. The van der Waals surface area contributed by atoms with Gasteiger partial charge < -0.3 is 16.3 Å². The maximum absolute atomic E-state index is 12.9. The third-order valence-electron chi connectivity index (χ3n) is 4.63.